The highest BCUT2D eigenvalue weighted by molar-refractivity contribution is 7.10. The fourth-order valence-corrected chi connectivity index (χ4v) is 5.75. The average molecular weight is 493 g/mol. The van der Waals surface area contributed by atoms with Gasteiger partial charge in [0.1, 0.15) is 6.04 Å². The lowest BCUT2D eigenvalue weighted by Gasteiger charge is -2.33. The molecule has 1 N–H and O–H groups in total. The van der Waals surface area contributed by atoms with Gasteiger partial charge in [0.05, 0.1) is 12.1 Å². The predicted octanol–water partition coefficient (Wildman–Crippen LogP) is 4.90. The molecule has 0 spiro atoms. The SMILES string of the molecule is Cc1ccccc1CCN(C(=O)Cc1cccs1)C(C(=O)NC1CCCCC1)c1cn(C)nc1C. The molecule has 0 bridgehead atoms. The summed E-state index contributed by atoms with van der Waals surface area (Å²) in [5.74, 6) is -0.134. The van der Waals surface area contributed by atoms with E-state index in [0.29, 0.717) is 13.0 Å². The van der Waals surface area contributed by atoms with Gasteiger partial charge < -0.3 is 10.2 Å². The van der Waals surface area contributed by atoms with Gasteiger partial charge in [-0.15, -0.1) is 11.3 Å². The summed E-state index contributed by atoms with van der Waals surface area (Å²) in [5, 5.41) is 9.79. The molecule has 1 unspecified atom stereocenters. The van der Waals surface area contributed by atoms with Crippen molar-refractivity contribution in [2.45, 2.75) is 70.9 Å². The highest BCUT2D eigenvalue weighted by Gasteiger charge is 2.35. The second-order valence-electron chi connectivity index (χ2n) is 9.61. The van der Waals surface area contributed by atoms with Gasteiger partial charge in [0, 0.05) is 36.3 Å². The Morgan fingerprint density at radius 1 is 1.14 bits per heavy atom. The molecule has 1 atom stereocenters. The van der Waals surface area contributed by atoms with Gasteiger partial charge >= 0.3 is 0 Å². The first kappa shape index (κ1) is 25.2. The number of rotatable bonds is 9. The molecule has 0 radical (unpaired) electrons. The molecule has 3 aromatic rings. The second kappa shape index (κ2) is 11.7. The Morgan fingerprint density at radius 2 is 1.91 bits per heavy atom. The first-order chi connectivity index (χ1) is 16.9. The maximum Gasteiger partial charge on any atom is 0.247 e. The number of thiophene rings is 1. The molecule has 0 aliphatic heterocycles. The van der Waals surface area contributed by atoms with Crippen LogP contribution in [0.3, 0.4) is 0 Å². The van der Waals surface area contributed by atoms with Crippen molar-refractivity contribution in [2.75, 3.05) is 6.54 Å². The minimum Gasteiger partial charge on any atom is -0.351 e. The Kier molecular flexibility index (Phi) is 8.39. The van der Waals surface area contributed by atoms with Crippen LogP contribution in [-0.2, 0) is 29.5 Å². The molecule has 2 amide bonds. The Hall–Kier alpha value is -2.93. The number of amides is 2. The van der Waals surface area contributed by atoms with Crippen LogP contribution in [0.5, 0.6) is 0 Å². The second-order valence-corrected chi connectivity index (χ2v) is 10.6. The molecule has 186 valence electrons. The van der Waals surface area contributed by atoms with Crippen molar-refractivity contribution in [1.82, 2.24) is 20.0 Å². The van der Waals surface area contributed by atoms with Crippen LogP contribution < -0.4 is 5.32 Å². The maximum absolute atomic E-state index is 13.9. The molecule has 1 aliphatic carbocycles. The number of aromatic nitrogens is 2. The number of benzene rings is 1. The van der Waals surface area contributed by atoms with Crippen molar-refractivity contribution in [1.29, 1.82) is 0 Å². The van der Waals surface area contributed by atoms with E-state index < -0.39 is 6.04 Å². The van der Waals surface area contributed by atoms with Crippen molar-refractivity contribution in [3.05, 3.63) is 75.2 Å². The minimum absolute atomic E-state index is 0.0342. The third kappa shape index (κ3) is 6.40. The van der Waals surface area contributed by atoms with Crippen LogP contribution in [0.1, 0.15) is 65.4 Å². The number of aryl methyl sites for hydroxylation is 3. The summed E-state index contributed by atoms with van der Waals surface area (Å²) in [6.45, 7) is 4.47. The van der Waals surface area contributed by atoms with Crippen molar-refractivity contribution in [2.24, 2.45) is 7.05 Å². The van der Waals surface area contributed by atoms with Crippen LogP contribution in [-0.4, -0.2) is 39.1 Å². The number of hydrogen-bond acceptors (Lipinski definition) is 4. The predicted molar refractivity (Wildman–Crippen MR) is 140 cm³/mol. The summed E-state index contributed by atoms with van der Waals surface area (Å²) in [4.78, 5) is 30.4. The molecule has 7 heteroatoms. The van der Waals surface area contributed by atoms with E-state index in [1.54, 1.807) is 20.9 Å². The van der Waals surface area contributed by atoms with Gasteiger partial charge in [0.2, 0.25) is 11.8 Å². The van der Waals surface area contributed by atoms with Crippen molar-refractivity contribution < 1.29 is 9.59 Å². The number of carbonyl (C=O) groups excluding carboxylic acids is 2. The van der Waals surface area contributed by atoms with E-state index in [1.807, 2.05) is 49.8 Å². The van der Waals surface area contributed by atoms with Gasteiger partial charge in [-0.25, -0.2) is 0 Å². The zero-order valence-electron chi connectivity index (χ0n) is 21.0. The Bertz CT molecular complexity index is 1130. The van der Waals surface area contributed by atoms with E-state index in [0.717, 1.165) is 41.8 Å². The highest BCUT2D eigenvalue weighted by Crippen LogP contribution is 2.27. The molecule has 1 aliphatic rings. The van der Waals surface area contributed by atoms with Gasteiger partial charge in [0.25, 0.3) is 0 Å². The Morgan fingerprint density at radius 3 is 2.57 bits per heavy atom. The summed E-state index contributed by atoms with van der Waals surface area (Å²) in [5.41, 5.74) is 3.96. The van der Waals surface area contributed by atoms with Crippen LogP contribution in [0.2, 0.25) is 0 Å². The van der Waals surface area contributed by atoms with Crippen LogP contribution in [0.25, 0.3) is 0 Å². The van der Waals surface area contributed by atoms with Crippen LogP contribution in [0.4, 0.5) is 0 Å². The minimum atomic E-state index is -0.706. The number of hydrogen-bond donors (Lipinski definition) is 1. The molecule has 2 heterocycles. The first-order valence-electron chi connectivity index (χ1n) is 12.6. The smallest absolute Gasteiger partial charge is 0.247 e. The standard InChI is InChI=1S/C28H36N4O2S/c1-20-10-7-8-11-22(20)15-16-32(26(33)18-24-14-9-17-35-24)27(25-19-31(3)30-21(25)2)28(34)29-23-12-5-4-6-13-23/h7-11,14,17,19,23,27H,4-6,12-13,15-16,18H2,1-3H3,(H,29,34). The normalized spacial score (nSPS) is 15.1. The fraction of sp³-hybridized carbons (Fsp3) is 0.464. The number of carbonyl (C=O) groups is 2. The Labute approximate surface area is 212 Å². The summed E-state index contributed by atoms with van der Waals surface area (Å²) < 4.78 is 1.73. The number of nitrogens with one attached hydrogen (secondary N) is 1. The van der Waals surface area contributed by atoms with Gasteiger partial charge in [-0.1, -0.05) is 49.6 Å². The van der Waals surface area contributed by atoms with Gasteiger partial charge in [-0.3, -0.25) is 14.3 Å². The van der Waals surface area contributed by atoms with Crippen molar-refractivity contribution in [3.8, 4) is 0 Å². The van der Waals surface area contributed by atoms with E-state index >= 15 is 0 Å². The summed E-state index contributed by atoms with van der Waals surface area (Å²) in [7, 11) is 1.86. The molecule has 1 fully saturated rings. The third-order valence-electron chi connectivity index (χ3n) is 6.97. The topological polar surface area (TPSA) is 67.2 Å². The van der Waals surface area contributed by atoms with Gasteiger partial charge in [-0.2, -0.15) is 5.10 Å². The molecule has 0 saturated heterocycles. The van der Waals surface area contributed by atoms with Crippen LogP contribution >= 0.6 is 11.3 Å². The molecular formula is C28H36N4O2S. The maximum atomic E-state index is 13.9. The van der Waals surface area contributed by atoms with Crippen molar-refractivity contribution >= 4 is 23.2 Å². The van der Waals surface area contributed by atoms with Crippen LogP contribution in [0, 0.1) is 13.8 Å². The first-order valence-corrected chi connectivity index (χ1v) is 13.5. The lowest BCUT2D eigenvalue weighted by Crippen LogP contribution is -2.48. The fourth-order valence-electron chi connectivity index (χ4n) is 5.06. The average Bonchev–Trinajstić information content (AvgIpc) is 3.46. The zero-order valence-corrected chi connectivity index (χ0v) is 21.8. The van der Waals surface area contributed by atoms with E-state index in [1.165, 1.54) is 17.5 Å². The molecule has 1 saturated carbocycles. The van der Waals surface area contributed by atoms with Crippen molar-refractivity contribution in [3.63, 3.8) is 0 Å². The van der Waals surface area contributed by atoms with E-state index in [2.05, 4.69) is 29.5 Å². The molecule has 1 aromatic carbocycles. The highest BCUT2D eigenvalue weighted by atomic mass is 32.1. The van der Waals surface area contributed by atoms with E-state index in [-0.39, 0.29) is 24.3 Å². The summed E-state index contributed by atoms with van der Waals surface area (Å²) >= 11 is 1.57. The molecular weight excluding hydrogens is 456 g/mol. The lowest BCUT2D eigenvalue weighted by molar-refractivity contribution is -0.140. The van der Waals surface area contributed by atoms with Gasteiger partial charge in [-0.05, 0) is 55.7 Å². The molecule has 6 nitrogen and oxygen atoms in total. The lowest BCUT2D eigenvalue weighted by atomic mass is 9.94. The van der Waals surface area contributed by atoms with Crippen LogP contribution in [0.15, 0.2) is 48.0 Å². The van der Waals surface area contributed by atoms with Gasteiger partial charge in [0.15, 0.2) is 0 Å². The zero-order chi connectivity index (χ0) is 24.8. The Balaban J connectivity index is 1.66. The van der Waals surface area contributed by atoms with E-state index in [9.17, 15) is 9.59 Å². The summed E-state index contributed by atoms with van der Waals surface area (Å²) in [6, 6.07) is 11.6. The van der Waals surface area contributed by atoms with E-state index in [4.69, 9.17) is 0 Å². The number of nitrogens with zero attached hydrogens (tertiary/aromatic N) is 3. The largest absolute Gasteiger partial charge is 0.351 e. The summed E-state index contributed by atoms with van der Waals surface area (Å²) in [6.07, 6.45) is 8.35. The molecule has 2 aromatic heterocycles. The third-order valence-corrected chi connectivity index (χ3v) is 7.84. The molecule has 35 heavy (non-hydrogen) atoms. The monoisotopic (exact) mass is 492 g/mol. The quantitative estimate of drug-likeness (QED) is 0.462. The molecule has 4 rings (SSSR count).